The Bertz CT molecular complexity index is 1050. The molecule has 12 nitrogen and oxygen atoms in total. The predicted molar refractivity (Wildman–Crippen MR) is 127 cm³/mol. The molecule has 5 atom stereocenters. The number of hydrogen-bond donors (Lipinski definition) is 8. The van der Waals surface area contributed by atoms with Crippen LogP contribution in [0.5, 0.6) is 0 Å². The van der Waals surface area contributed by atoms with Gasteiger partial charge in [-0.25, -0.2) is 4.79 Å². The molecular formula is C23H33N5O7. The van der Waals surface area contributed by atoms with E-state index < -0.39 is 66.5 Å². The maximum Gasteiger partial charge on any atom is 0.328 e. The van der Waals surface area contributed by atoms with Gasteiger partial charge in [0.1, 0.15) is 12.1 Å². The normalized spacial score (nSPS) is 15.6. The molecule has 2 aromatic rings. The first-order chi connectivity index (χ1) is 16.5. The molecule has 192 valence electrons. The second kappa shape index (κ2) is 12.3. The lowest BCUT2D eigenvalue weighted by Gasteiger charge is -2.27. The molecule has 0 saturated carbocycles. The van der Waals surface area contributed by atoms with Gasteiger partial charge in [-0.3, -0.25) is 14.4 Å². The van der Waals surface area contributed by atoms with E-state index in [0.717, 1.165) is 16.5 Å². The number of carboxylic acids is 1. The summed E-state index contributed by atoms with van der Waals surface area (Å²) < 4.78 is 0. The van der Waals surface area contributed by atoms with E-state index in [1.165, 1.54) is 6.92 Å². The molecule has 1 aromatic heterocycles. The van der Waals surface area contributed by atoms with Gasteiger partial charge in [0.15, 0.2) is 6.04 Å². The third-order valence-electron chi connectivity index (χ3n) is 5.56. The van der Waals surface area contributed by atoms with Gasteiger partial charge < -0.3 is 42.0 Å². The highest BCUT2D eigenvalue weighted by molar-refractivity contribution is 5.94. The number of aromatic amines is 1. The van der Waals surface area contributed by atoms with Crippen LogP contribution in [0.4, 0.5) is 0 Å². The minimum absolute atomic E-state index is 0.183. The van der Waals surface area contributed by atoms with E-state index >= 15 is 0 Å². The minimum Gasteiger partial charge on any atom is -0.480 e. The number of nitrogens with two attached hydrogens (primary N) is 1. The SMILES string of the molecule is CC(C)C(NC(=O)C(CO)NC(=O)C(N)Cc1c[nH]c2ccccc12)C(=O)NC(C(=O)O)C(C)O. The highest BCUT2D eigenvalue weighted by Crippen LogP contribution is 2.18. The number of hydrogen-bond acceptors (Lipinski definition) is 7. The fraction of sp³-hybridized carbons (Fsp3) is 0.478. The second-order valence-electron chi connectivity index (χ2n) is 8.71. The van der Waals surface area contributed by atoms with Gasteiger partial charge in [0, 0.05) is 17.1 Å². The van der Waals surface area contributed by atoms with Crippen molar-refractivity contribution < 1.29 is 34.5 Å². The molecule has 1 aromatic carbocycles. The summed E-state index contributed by atoms with van der Waals surface area (Å²) in [6.45, 7) is 3.69. The van der Waals surface area contributed by atoms with Crippen LogP contribution in [0.25, 0.3) is 10.9 Å². The number of carboxylic acid groups (broad SMARTS) is 1. The Morgan fingerprint density at radius 2 is 1.60 bits per heavy atom. The first kappa shape index (κ1) is 27.8. The number of benzene rings is 1. The number of aliphatic hydroxyl groups excluding tert-OH is 2. The number of fused-ring (bicyclic) bond motifs is 1. The average molecular weight is 492 g/mol. The lowest BCUT2D eigenvalue weighted by atomic mass is 10.0. The summed E-state index contributed by atoms with van der Waals surface area (Å²) in [6.07, 6.45) is 0.558. The van der Waals surface area contributed by atoms with Crippen molar-refractivity contribution in [2.45, 2.75) is 57.5 Å². The van der Waals surface area contributed by atoms with E-state index in [9.17, 15) is 29.4 Å². The van der Waals surface area contributed by atoms with Crippen molar-refractivity contribution in [3.8, 4) is 0 Å². The first-order valence-corrected chi connectivity index (χ1v) is 11.2. The van der Waals surface area contributed by atoms with Crippen molar-refractivity contribution in [3.63, 3.8) is 0 Å². The lowest BCUT2D eigenvalue weighted by molar-refractivity contribution is -0.145. The van der Waals surface area contributed by atoms with Crippen LogP contribution in [-0.4, -0.2) is 80.9 Å². The molecule has 0 spiro atoms. The van der Waals surface area contributed by atoms with Gasteiger partial charge in [-0.1, -0.05) is 32.0 Å². The number of aliphatic carboxylic acids is 1. The number of carbonyl (C=O) groups is 4. The molecule has 0 saturated heterocycles. The van der Waals surface area contributed by atoms with Crippen LogP contribution in [0.1, 0.15) is 26.3 Å². The van der Waals surface area contributed by atoms with Gasteiger partial charge in [-0.2, -0.15) is 0 Å². The molecule has 0 radical (unpaired) electrons. The Labute approximate surface area is 202 Å². The van der Waals surface area contributed by atoms with Gasteiger partial charge >= 0.3 is 5.97 Å². The largest absolute Gasteiger partial charge is 0.480 e. The summed E-state index contributed by atoms with van der Waals surface area (Å²) in [7, 11) is 0. The van der Waals surface area contributed by atoms with E-state index in [1.807, 2.05) is 24.3 Å². The minimum atomic E-state index is -1.57. The van der Waals surface area contributed by atoms with Crippen molar-refractivity contribution >= 4 is 34.6 Å². The van der Waals surface area contributed by atoms with Crippen LogP contribution in [0.15, 0.2) is 30.5 Å². The van der Waals surface area contributed by atoms with Gasteiger partial charge in [-0.05, 0) is 30.9 Å². The fourth-order valence-corrected chi connectivity index (χ4v) is 3.52. The Hall–Kier alpha value is -3.48. The molecule has 0 bridgehead atoms. The van der Waals surface area contributed by atoms with Crippen LogP contribution >= 0.6 is 0 Å². The maximum atomic E-state index is 12.7. The molecule has 1 heterocycles. The highest BCUT2D eigenvalue weighted by atomic mass is 16.4. The van der Waals surface area contributed by atoms with E-state index in [4.69, 9.17) is 10.8 Å². The number of rotatable bonds is 12. The number of amides is 3. The third-order valence-corrected chi connectivity index (χ3v) is 5.56. The molecule has 3 amide bonds. The number of para-hydroxylation sites is 1. The number of aromatic nitrogens is 1. The average Bonchev–Trinajstić information content (AvgIpc) is 3.20. The molecule has 12 heteroatoms. The number of carbonyl (C=O) groups excluding carboxylic acids is 3. The van der Waals surface area contributed by atoms with Crippen molar-refractivity contribution in [3.05, 3.63) is 36.0 Å². The van der Waals surface area contributed by atoms with Gasteiger partial charge in [0.25, 0.3) is 0 Å². The topological polar surface area (TPSA) is 207 Å². The van der Waals surface area contributed by atoms with Crippen LogP contribution in [0.2, 0.25) is 0 Å². The molecule has 2 rings (SSSR count). The first-order valence-electron chi connectivity index (χ1n) is 11.2. The summed E-state index contributed by atoms with van der Waals surface area (Å²) in [5.41, 5.74) is 7.73. The molecule has 9 N–H and O–H groups in total. The fourth-order valence-electron chi connectivity index (χ4n) is 3.52. The summed E-state index contributed by atoms with van der Waals surface area (Å²) in [5.74, 6) is -4.26. The van der Waals surface area contributed by atoms with Crippen molar-refractivity contribution in [1.82, 2.24) is 20.9 Å². The van der Waals surface area contributed by atoms with Crippen LogP contribution < -0.4 is 21.7 Å². The second-order valence-corrected chi connectivity index (χ2v) is 8.71. The smallest absolute Gasteiger partial charge is 0.328 e. The van der Waals surface area contributed by atoms with Crippen molar-refractivity contribution in [2.75, 3.05) is 6.61 Å². The molecule has 0 fully saturated rings. The maximum absolute atomic E-state index is 12.7. The quantitative estimate of drug-likeness (QED) is 0.177. The summed E-state index contributed by atoms with van der Waals surface area (Å²) >= 11 is 0. The van der Waals surface area contributed by atoms with Crippen LogP contribution in [-0.2, 0) is 25.6 Å². The Morgan fingerprint density at radius 1 is 0.971 bits per heavy atom. The zero-order valence-corrected chi connectivity index (χ0v) is 19.8. The van der Waals surface area contributed by atoms with Crippen LogP contribution in [0.3, 0.4) is 0 Å². The standard InChI is InChI=1S/C23H33N5O7/c1-11(2)18(22(33)28-19(12(3)30)23(34)35)27-21(32)17(10-29)26-20(31)15(24)8-13-9-25-16-7-5-4-6-14(13)16/h4-7,9,11-12,15,17-19,25,29-30H,8,10,24H2,1-3H3,(H,26,31)(H,27,32)(H,28,33)(H,34,35). The van der Waals surface area contributed by atoms with Crippen molar-refractivity contribution in [2.24, 2.45) is 11.7 Å². The summed E-state index contributed by atoms with van der Waals surface area (Å²) in [6, 6.07) is 2.34. The van der Waals surface area contributed by atoms with Crippen molar-refractivity contribution in [1.29, 1.82) is 0 Å². The molecule has 0 aliphatic carbocycles. The Balaban J connectivity index is 2.03. The molecule has 0 aliphatic rings. The highest BCUT2D eigenvalue weighted by Gasteiger charge is 2.33. The van der Waals surface area contributed by atoms with E-state index in [-0.39, 0.29) is 6.42 Å². The third kappa shape index (κ3) is 7.25. The van der Waals surface area contributed by atoms with E-state index in [2.05, 4.69) is 20.9 Å². The number of nitrogens with one attached hydrogen (secondary N) is 4. The Morgan fingerprint density at radius 3 is 2.17 bits per heavy atom. The molecule has 35 heavy (non-hydrogen) atoms. The number of H-pyrrole nitrogens is 1. The Kier molecular flexibility index (Phi) is 9.75. The zero-order valence-electron chi connectivity index (χ0n) is 19.8. The van der Waals surface area contributed by atoms with Gasteiger partial charge in [0.2, 0.25) is 17.7 Å². The summed E-state index contributed by atoms with van der Waals surface area (Å²) in [4.78, 5) is 52.3. The number of aliphatic hydroxyl groups is 2. The van der Waals surface area contributed by atoms with Gasteiger partial charge in [0.05, 0.1) is 18.8 Å². The van der Waals surface area contributed by atoms with Gasteiger partial charge in [-0.15, -0.1) is 0 Å². The predicted octanol–water partition coefficient (Wildman–Crippen LogP) is -1.39. The molecular weight excluding hydrogens is 458 g/mol. The van der Waals surface area contributed by atoms with Crippen LogP contribution in [0, 0.1) is 5.92 Å². The molecule has 5 unspecified atom stereocenters. The lowest BCUT2D eigenvalue weighted by Crippen LogP contribution is -2.60. The summed E-state index contributed by atoms with van der Waals surface area (Å²) in [5, 5.41) is 36.3. The van der Waals surface area contributed by atoms with E-state index in [1.54, 1.807) is 20.0 Å². The zero-order chi connectivity index (χ0) is 26.3. The molecule has 0 aliphatic heterocycles. The van der Waals surface area contributed by atoms with E-state index in [0.29, 0.717) is 0 Å². The monoisotopic (exact) mass is 491 g/mol.